The summed E-state index contributed by atoms with van der Waals surface area (Å²) in [5.74, 6) is 0.250. The molecule has 1 aliphatic carbocycles. The number of nitrogens with two attached hydrogens (primary N) is 1. The van der Waals surface area contributed by atoms with Crippen molar-refractivity contribution in [3.8, 4) is 0 Å². The van der Waals surface area contributed by atoms with Crippen molar-refractivity contribution < 1.29 is 4.79 Å². The van der Waals surface area contributed by atoms with Crippen LogP contribution in [0.15, 0.2) is 17.5 Å². The first kappa shape index (κ1) is 13.6. The first-order chi connectivity index (χ1) is 8.59. The van der Waals surface area contributed by atoms with Crippen LogP contribution in [0.25, 0.3) is 0 Å². The molecule has 3 nitrogen and oxygen atoms in total. The van der Waals surface area contributed by atoms with Crippen LogP contribution >= 0.6 is 11.3 Å². The maximum absolute atomic E-state index is 12.7. The van der Waals surface area contributed by atoms with Crippen molar-refractivity contribution in [2.45, 2.75) is 45.7 Å². The van der Waals surface area contributed by atoms with Crippen LogP contribution in [-0.4, -0.2) is 23.4 Å². The van der Waals surface area contributed by atoms with E-state index in [9.17, 15) is 4.79 Å². The second kappa shape index (κ2) is 5.41. The Labute approximate surface area is 113 Å². The SMILES string of the molecule is CC(C)N(Cc1cccs1)C(=O)C1(CN)CCC1. The van der Waals surface area contributed by atoms with E-state index in [0.29, 0.717) is 6.54 Å². The van der Waals surface area contributed by atoms with Crippen molar-refractivity contribution in [1.82, 2.24) is 4.90 Å². The first-order valence-corrected chi connectivity index (χ1v) is 7.50. The van der Waals surface area contributed by atoms with Gasteiger partial charge in [-0.05, 0) is 38.1 Å². The maximum Gasteiger partial charge on any atom is 0.230 e. The van der Waals surface area contributed by atoms with Crippen LogP contribution in [0.2, 0.25) is 0 Å². The number of hydrogen-bond acceptors (Lipinski definition) is 3. The predicted octanol–water partition coefficient (Wildman–Crippen LogP) is 2.61. The summed E-state index contributed by atoms with van der Waals surface area (Å²) in [6, 6.07) is 4.34. The van der Waals surface area contributed by atoms with Gasteiger partial charge in [0.25, 0.3) is 0 Å². The highest BCUT2D eigenvalue weighted by molar-refractivity contribution is 7.09. The average Bonchev–Trinajstić information content (AvgIpc) is 2.77. The Morgan fingerprint density at radius 1 is 1.56 bits per heavy atom. The predicted molar refractivity (Wildman–Crippen MR) is 75.3 cm³/mol. The molecule has 0 aromatic carbocycles. The van der Waals surface area contributed by atoms with E-state index in [4.69, 9.17) is 5.73 Å². The smallest absolute Gasteiger partial charge is 0.230 e. The van der Waals surface area contributed by atoms with Crippen LogP contribution in [0.4, 0.5) is 0 Å². The van der Waals surface area contributed by atoms with E-state index in [1.165, 1.54) is 4.88 Å². The minimum absolute atomic E-state index is 0.226. The quantitative estimate of drug-likeness (QED) is 0.890. The summed E-state index contributed by atoms with van der Waals surface area (Å²) in [4.78, 5) is 15.9. The van der Waals surface area contributed by atoms with Crippen LogP contribution < -0.4 is 5.73 Å². The van der Waals surface area contributed by atoms with Gasteiger partial charge < -0.3 is 10.6 Å². The number of rotatable bonds is 5. The summed E-state index contributed by atoms with van der Waals surface area (Å²) < 4.78 is 0. The Hall–Kier alpha value is -0.870. The fraction of sp³-hybridized carbons (Fsp3) is 0.643. The molecule has 1 saturated carbocycles. The fourth-order valence-corrected chi connectivity index (χ4v) is 3.18. The summed E-state index contributed by atoms with van der Waals surface area (Å²) in [5, 5.41) is 2.06. The van der Waals surface area contributed by atoms with E-state index in [2.05, 4.69) is 25.3 Å². The lowest BCUT2D eigenvalue weighted by molar-refractivity contribution is -0.149. The van der Waals surface area contributed by atoms with Gasteiger partial charge in [-0.15, -0.1) is 11.3 Å². The molecule has 4 heteroatoms. The van der Waals surface area contributed by atoms with Crippen molar-refractivity contribution in [1.29, 1.82) is 0 Å². The number of carbonyl (C=O) groups excluding carboxylic acids is 1. The van der Waals surface area contributed by atoms with E-state index in [1.807, 2.05) is 11.0 Å². The number of nitrogens with zero attached hydrogens (tertiary/aromatic N) is 1. The molecule has 0 radical (unpaired) electrons. The maximum atomic E-state index is 12.7. The summed E-state index contributed by atoms with van der Waals surface area (Å²) in [6.45, 7) is 5.36. The largest absolute Gasteiger partial charge is 0.335 e. The van der Waals surface area contributed by atoms with Gasteiger partial charge in [-0.25, -0.2) is 0 Å². The lowest BCUT2D eigenvalue weighted by Gasteiger charge is -2.44. The molecule has 0 spiro atoms. The number of hydrogen-bond donors (Lipinski definition) is 1. The van der Waals surface area contributed by atoms with Gasteiger partial charge in [0.2, 0.25) is 5.91 Å². The number of thiophene rings is 1. The Morgan fingerprint density at radius 3 is 2.67 bits per heavy atom. The van der Waals surface area contributed by atoms with E-state index < -0.39 is 0 Å². The molecule has 1 aromatic heterocycles. The molecule has 0 bridgehead atoms. The topological polar surface area (TPSA) is 46.3 Å². The monoisotopic (exact) mass is 266 g/mol. The molecule has 1 heterocycles. The summed E-state index contributed by atoms with van der Waals surface area (Å²) in [6.07, 6.45) is 3.04. The third-order valence-electron chi connectivity index (χ3n) is 3.95. The zero-order chi connectivity index (χ0) is 13.2. The molecule has 1 aliphatic rings. The molecule has 1 fully saturated rings. The zero-order valence-corrected chi connectivity index (χ0v) is 12.0. The average molecular weight is 266 g/mol. The summed E-state index contributed by atoms with van der Waals surface area (Å²) in [5.41, 5.74) is 5.57. The van der Waals surface area contributed by atoms with Crippen molar-refractivity contribution in [2.75, 3.05) is 6.54 Å². The molecular formula is C14H22N2OS. The highest BCUT2D eigenvalue weighted by Crippen LogP contribution is 2.42. The first-order valence-electron chi connectivity index (χ1n) is 6.62. The fourth-order valence-electron chi connectivity index (χ4n) is 2.47. The highest BCUT2D eigenvalue weighted by Gasteiger charge is 2.45. The molecule has 2 rings (SSSR count). The highest BCUT2D eigenvalue weighted by atomic mass is 32.1. The third kappa shape index (κ3) is 2.45. The molecule has 0 saturated heterocycles. The zero-order valence-electron chi connectivity index (χ0n) is 11.2. The van der Waals surface area contributed by atoms with Gasteiger partial charge >= 0.3 is 0 Å². The number of carbonyl (C=O) groups is 1. The minimum Gasteiger partial charge on any atom is -0.335 e. The van der Waals surface area contributed by atoms with Crippen LogP contribution in [0.5, 0.6) is 0 Å². The third-order valence-corrected chi connectivity index (χ3v) is 4.81. The number of amides is 1. The standard InChI is InChI=1S/C14H22N2OS/c1-11(2)16(9-12-5-3-8-18-12)13(17)14(10-15)6-4-7-14/h3,5,8,11H,4,6-7,9-10,15H2,1-2H3. The Morgan fingerprint density at radius 2 is 2.28 bits per heavy atom. The molecular weight excluding hydrogens is 244 g/mol. The molecule has 0 unspecified atom stereocenters. The van der Waals surface area contributed by atoms with Gasteiger partial charge in [-0.2, -0.15) is 0 Å². The Kier molecular flexibility index (Phi) is 4.07. The van der Waals surface area contributed by atoms with E-state index in [0.717, 1.165) is 25.8 Å². The molecule has 0 aliphatic heterocycles. The van der Waals surface area contributed by atoms with Gasteiger partial charge in [0.05, 0.1) is 12.0 Å². The molecule has 1 amide bonds. The lowest BCUT2D eigenvalue weighted by Crippen LogP contribution is -2.53. The van der Waals surface area contributed by atoms with Gasteiger partial charge in [0, 0.05) is 17.5 Å². The van der Waals surface area contributed by atoms with E-state index >= 15 is 0 Å². The van der Waals surface area contributed by atoms with Gasteiger partial charge in [0.15, 0.2) is 0 Å². The molecule has 1 aromatic rings. The van der Waals surface area contributed by atoms with Gasteiger partial charge in [-0.1, -0.05) is 12.5 Å². The molecule has 18 heavy (non-hydrogen) atoms. The van der Waals surface area contributed by atoms with Crippen LogP contribution in [-0.2, 0) is 11.3 Å². The lowest BCUT2D eigenvalue weighted by atomic mass is 9.67. The van der Waals surface area contributed by atoms with Gasteiger partial charge in [-0.3, -0.25) is 4.79 Å². The van der Waals surface area contributed by atoms with E-state index in [1.54, 1.807) is 11.3 Å². The van der Waals surface area contributed by atoms with Crippen molar-refractivity contribution >= 4 is 17.2 Å². The molecule has 2 N–H and O–H groups in total. The molecule has 0 atom stereocenters. The summed E-state index contributed by atoms with van der Waals surface area (Å²) in [7, 11) is 0. The Balaban J connectivity index is 2.12. The van der Waals surface area contributed by atoms with Crippen LogP contribution in [0.1, 0.15) is 38.0 Å². The van der Waals surface area contributed by atoms with Crippen LogP contribution in [0.3, 0.4) is 0 Å². The summed E-state index contributed by atoms with van der Waals surface area (Å²) >= 11 is 1.70. The molecule has 100 valence electrons. The van der Waals surface area contributed by atoms with Crippen molar-refractivity contribution in [3.63, 3.8) is 0 Å². The minimum atomic E-state index is -0.262. The second-order valence-corrected chi connectivity index (χ2v) is 6.48. The van der Waals surface area contributed by atoms with E-state index in [-0.39, 0.29) is 17.4 Å². The normalized spacial score (nSPS) is 17.6. The van der Waals surface area contributed by atoms with Crippen LogP contribution in [0, 0.1) is 5.41 Å². The second-order valence-electron chi connectivity index (χ2n) is 5.44. The van der Waals surface area contributed by atoms with Gasteiger partial charge in [0.1, 0.15) is 0 Å². The van der Waals surface area contributed by atoms with Crippen molar-refractivity contribution in [3.05, 3.63) is 22.4 Å². The van der Waals surface area contributed by atoms with Crippen molar-refractivity contribution in [2.24, 2.45) is 11.1 Å². The Bertz CT molecular complexity index is 390.